The number of rotatable bonds is 6. The van der Waals surface area contributed by atoms with Crippen LogP contribution in [0, 0.1) is 13.8 Å². The van der Waals surface area contributed by atoms with Crippen molar-refractivity contribution in [2.24, 2.45) is 0 Å². The highest BCUT2D eigenvalue weighted by Crippen LogP contribution is 2.30. The number of carbonyl (C=O) groups is 1. The lowest BCUT2D eigenvalue weighted by Crippen LogP contribution is -2.35. The Balaban J connectivity index is 1.39. The van der Waals surface area contributed by atoms with Crippen LogP contribution in [0.4, 0.5) is 0 Å². The fourth-order valence-corrected chi connectivity index (χ4v) is 5.00. The van der Waals surface area contributed by atoms with Crippen LogP contribution in [0.3, 0.4) is 0 Å². The summed E-state index contributed by atoms with van der Waals surface area (Å²) in [7, 11) is 0. The molecule has 0 saturated carbocycles. The van der Waals surface area contributed by atoms with Crippen LogP contribution in [-0.4, -0.2) is 33.5 Å². The lowest BCUT2D eigenvalue weighted by Gasteiger charge is -2.27. The maximum absolute atomic E-state index is 12.9. The lowest BCUT2D eigenvalue weighted by atomic mass is 10.0. The summed E-state index contributed by atoms with van der Waals surface area (Å²) in [5.41, 5.74) is 5.30. The molecule has 1 atom stereocenters. The molecular formula is C22H26N4O2S. The van der Waals surface area contributed by atoms with Crippen LogP contribution in [0.1, 0.15) is 50.3 Å². The van der Waals surface area contributed by atoms with Crippen molar-refractivity contribution >= 4 is 17.2 Å². The van der Waals surface area contributed by atoms with Gasteiger partial charge in [-0.05, 0) is 50.8 Å². The number of fused-ring (bicyclic) bond motifs is 1. The molecule has 0 aromatic carbocycles. The third-order valence-corrected chi connectivity index (χ3v) is 6.49. The fourth-order valence-electron chi connectivity index (χ4n) is 3.88. The van der Waals surface area contributed by atoms with Crippen LogP contribution >= 0.6 is 11.3 Å². The van der Waals surface area contributed by atoms with Crippen molar-refractivity contribution in [1.29, 1.82) is 0 Å². The minimum Gasteiger partial charge on any atom is -0.361 e. The van der Waals surface area contributed by atoms with Gasteiger partial charge in [-0.2, -0.15) is 0 Å². The number of pyridine rings is 1. The number of nitrogens with one attached hydrogen (secondary N) is 1. The summed E-state index contributed by atoms with van der Waals surface area (Å²) in [5, 5.41) is 9.21. The summed E-state index contributed by atoms with van der Waals surface area (Å²) in [6, 6.07) is 4.02. The van der Waals surface area contributed by atoms with E-state index in [9.17, 15) is 4.79 Å². The van der Waals surface area contributed by atoms with E-state index >= 15 is 0 Å². The second kappa shape index (κ2) is 8.47. The Morgan fingerprint density at radius 2 is 2.28 bits per heavy atom. The second-order valence-electron chi connectivity index (χ2n) is 7.75. The maximum Gasteiger partial charge on any atom is 0.252 e. The zero-order valence-electron chi connectivity index (χ0n) is 17.1. The lowest BCUT2D eigenvalue weighted by molar-refractivity contribution is 0.0938. The highest BCUT2D eigenvalue weighted by Gasteiger charge is 2.25. The van der Waals surface area contributed by atoms with E-state index in [1.165, 1.54) is 16.0 Å². The first kappa shape index (κ1) is 19.8. The van der Waals surface area contributed by atoms with Gasteiger partial charge in [0.15, 0.2) is 0 Å². The van der Waals surface area contributed by atoms with Crippen molar-refractivity contribution in [2.75, 3.05) is 6.54 Å². The molecule has 6 nitrogen and oxygen atoms in total. The van der Waals surface area contributed by atoms with Gasteiger partial charge in [-0.25, -0.2) is 0 Å². The maximum atomic E-state index is 12.9. The van der Waals surface area contributed by atoms with Gasteiger partial charge in [0, 0.05) is 53.9 Å². The van der Waals surface area contributed by atoms with E-state index in [1.54, 1.807) is 17.5 Å². The predicted molar refractivity (Wildman–Crippen MR) is 113 cm³/mol. The summed E-state index contributed by atoms with van der Waals surface area (Å²) in [5.74, 6) is 0.917. The average Bonchev–Trinajstić information content (AvgIpc) is 3.27. The van der Waals surface area contributed by atoms with E-state index in [0.29, 0.717) is 0 Å². The Kier molecular flexibility index (Phi) is 5.78. The third-order valence-electron chi connectivity index (χ3n) is 5.48. The summed E-state index contributed by atoms with van der Waals surface area (Å²) in [4.78, 5) is 20.7. The van der Waals surface area contributed by atoms with Gasteiger partial charge in [-0.15, -0.1) is 11.3 Å². The molecule has 0 aliphatic carbocycles. The van der Waals surface area contributed by atoms with Gasteiger partial charge in [0.05, 0.1) is 11.3 Å². The van der Waals surface area contributed by atoms with Gasteiger partial charge in [-0.1, -0.05) is 11.2 Å². The van der Waals surface area contributed by atoms with Crippen LogP contribution in [0.25, 0.3) is 0 Å². The molecule has 1 aliphatic rings. The van der Waals surface area contributed by atoms with Gasteiger partial charge >= 0.3 is 0 Å². The molecule has 4 heterocycles. The first-order valence-corrected chi connectivity index (χ1v) is 10.8. The van der Waals surface area contributed by atoms with Crippen LogP contribution in [0.5, 0.6) is 0 Å². The Labute approximate surface area is 174 Å². The Bertz CT molecular complexity index is 976. The van der Waals surface area contributed by atoms with Crippen LogP contribution in [-0.2, 0) is 25.9 Å². The number of hydrogen-bond acceptors (Lipinski definition) is 6. The molecule has 1 unspecified atom stereocenters. The summed E-state index contributed by atoms with van der Waals surface area (Å²) in [6.45, 7) is 8.62. The van der Waals surface area contributed by atoms with Gasteiger partial charge < -0.3 is 9.84 Å². The number of amides is 1. The number of nitrogens with zero attached hydrogens (tertiary/aromatic N) is 3. The van der Waals surface area contributed by atoms with E-state index in [0.717, 1.165) is 55.1 Å². The van der Waals surface area contributed by atoms with Crippen LogP contribution in [0.2, 0.25) is 0 Å². The van der Waals surface area contributed by atoms with E-state index in [2.05, 4.69) is 20.4 Å². The van der Waals surface area contributed by atoms with E-state index in [1.807, 2.05) is 44.5 Å². The SMILES string of the molecule is Cc1noc(C)c1CN1CCc2c(C(=O)NC(C)Cc3cccnc3)csc2C1. The molecule has 29 heavy (non-hydrogen) atoms. The first-order valence-electron chi connectivity index (χ1n) is 9.94. The van der Waals surface area contributed by atoms with E-state index in [-0.39, 0.29) is 11.9 Å². The average molecular weight is 411 g/mol. The standard InChI is InChI=1S/C22H26N4O2S/c1-14(9-17-5-4-7-23-10-17)24-22(27)20-13-29-21-12-26(8-6-18(20)21)11-19-15(2)25-28-16(19)3/h4-5,7,10,13-14H,6,8-9,11-12H2,1-3H3,(H,24,27). The molecule has 4 rings (SSSR count). The highest BCUT2D eigenvalue weighted by atomic mass is 32.1. The van der Waals surface area contributed by atoms with E-state index in [4.69, 9.17) is 4.52 Å². The van der Waals surface area contributed by atoms with Crippen molar-refractivity contribution in [3.8, 4) is 0 Å². The molecule has 1 aliphatic heterocycles. The Hall–Kier alpha value is -2.51. The van der Waals surface area contributed by atoms with Gasteiger partial charge in [-0.3, -0.25) is 14.7 Å². The van der Waals surface area contributed by atoms with Crippen molar-refractivity contribution in [3.05, 3.63) is 68.5 Å². The topological polar surface area (TPSA) is 71.3 Å². The number of aryl methyl sites for hydroxylation is 2. The molecule has 1 N–H and O–H groups in total. The number of aromatic nitrogens is 2. The van der Waals surface area contributed by atoms with Gasteiger partial charge in [0.25, 0.3) is 5.91 Å². The first-order chi connectivity index (χ1) is 14.0. The molecule has 3 aromatic rings. The van der Waals surface area contributed by atoms with Crippen molar-refractivity contribution in [2.45, 2.75) is 52.7 Å². The van der Waals surface area contributed by atoms with Crippen molar-refractivity contribution in [1.82, 2.24) is 20.4 Å². The Morgan fingerprint density at radius 3 is 3.00 bits per heavy atom. The molecule has 152 valence electrons. The van der Waals surface area contributed by atoms with Crippen LogP contribution in [0.15, 0.2) is 34.4 Å². The molecule has 0 spiro atoms. The largest absolute Gasteiger partial charge is 0.361 e. The summed E-state index contributed by atoms with van der Waals surface area (Å²) in [6.07, 6.45) is 5.28. The monoisotopic (exact) mass is 410 g/mol. The van der Waals surface area contributed by atoms with Gasteiger partial charge in [0.2, 0.25) is 0 Å². The minimum absolute atomic E-state index is 0.0260. The molecule has 0 saturated heterocycles. The molecule has 0 radical (unpaired) electrons. The Morgan fingerprint density at radius 1 is 1.41 bits per heavy atom. The fraction of sp³-hybridized carbons (Fsp3) is 0.409. The third kappa shape index (κ3) is 4.41. The zero-order chi connectivity index (χ0) is 20.4. The zero-order valence-corrected chi connectivity index (χ0v) is 17.9. The molecule has 3 aromatic heterocycles. The summed E-state index contributed by atoms with van der Waals surface area (Å²) < 4.78 is 5.29. The predicted octanol–water partition coefficient (Wildman–Crippen LogP) is 3.67. The summed E-state index contributed by atoms with van der Waals surface area (Å²) >= 11 is 1.68. The molecule has 1 amide bonds. The molecule has 0 fully saturated rings. The normalized spacial score (nSPS) is 15.1. The molecule has 0 bridgehead atoms. The quantitative estimate of drug-likeness (QED) is 0.671. The number of thiophene rings is 1. The minimum atomic E-state index is 0.0260. The smallest absolute Gasteiger partial charge is 0.252 e. The highest BCUT2D eigenvalue weighted by molar-refractivity contribution is 7.10. The van der Waals surface area contributed by atoms with E-state index < -0.39 is 0 Å². The van der Waals surface area contributed by atoms with Gasteiger partial charge in [0.1, 0.15) is 5.76 Å². The number of hydrogen-bond donors (Lipinski definition) is 1. The number of carbonyl (C=O) groups excluding carboxylic acids is 1. The second-order valence-corrected chi connectivity index (χ2v) is 8.72. The molecule has 7 heteroatoms. The van der Waals surface area contributed by atoms with Crippen molar-refractivity contribution in [3.63, 3.8) is 0 Å². The van der Waals surface area contributed by atoms with Crippen LogP contribution < -0.4 is 5.32 Å². The molecular weight excluding hydrogens is 384 g/mol. The van der Waals surface area contributed by atoms with Crippen molar-refractivity contribution < 1.29 is 9.32 Å².